The second-order valence-electron chi connectivity index (χ2n) is 6.63. The highest BCUT2D eigenvalue weighted by Crippen LogP contribution is 2.22. The molecule has 3 rings (SSSR count). The number of nitrogens with zero attached hydrogens (tertiary/aromatic N) is 2. The van der Waals surface area contributed by atoms with Gasteiger partial charge in [0.25, 0.3) is 0 Å². The molecular weight excluding hydrogens is 334 g/mol. The van der Waals surface area contributed by atoms with Gasteiger partial charge in [-0.15, -0.1) is 11.3 Å². The summed E-state index contributed by atoms with van der Waals surface area (Å²) in [7, 11) is 0. The molecular formula is C19H23N3O2S. The van der Waals surface area contributed by atoms with Crippen LogP contribution < -0.4 is 5.32 Å². The number of hydrogen-bond donors (Lipinski definition) is 1. The fraction of sp³-hybridized carbons (Fsp3) is 0.421. The summed E-state index contributed by atoms with van der Waals surface area (Å²) >= 11 is 1.62. The third-order valence-corrected chi connectivity index (χ3v) is 5.64. The predicted octanol–water partition coefficient (Wildman–Crippen LogP) is 2.72. The zero-order valence-electron chi connectivity index (χ0n) is 14.6. The number of amides is 2. The van der Waals surface area contributed by atoms with E-state index in [1.54, 1.807) is 16.2 Å². The zero-order chi connectivity index (χ0) is 17.8. The Labute approximate surface area is 152 Å². The van der Waals surface area contributed by atoms with Crippen LogP contribution in [0.5, 0.6) is 0 Å². The first-order valence-electron chi connectivity index (χ1n) is 8.54. The van der Waals surface area contributed by atoms with E-state index in [0.717, 1.165) is 16.3 Å². The minimum atomic E-state index is -0.263. The van der Waals surface area contributed by atoms with Crippen molar-refractivity contribution < 1.29 is 9.59 Å². The van der Waals surface area contributed by atoms with Gasteiger partial charge in [-0.3, -0.25) is 9.59 Å². The maximum Gasteiger partial charge on any atom is 0.225 e. The summed E-state index contributed by atoms with van der Waals surface area (Å²) in [5.41, 5.74) is 2.10. The number of benzene rings is 1. The lowest BCUT2D eigenvalue weighted by atomic mass is 10.1. The number of carbonyl (C=O) groups excluding carboxylic acids is 2. The summed E-state index contributed by atoms with van der Waals surface area (Å²) in [5, 5.41) is 6.04. The Morgan fingerprint density at radius 2 is 2.16 bits per heavy atom. The molecule has 2 atom stereocenters. The van der Waals surface area contributed by atoms with E-state index in [4.69, 9.17) is 0 Å². The molecule has 2 aromatic rings. The third-order valence-electron chi connectivity index (χ3n) is 4.44. The van der Waals surface area contributed by atoms with E-state index >= 15 is 0 Å². The van der Waals surface area contributed by atoms with Crippen LogP contribution >= 0.6 is 11.3 Å². The molecule has 6 heteroatoms. The van der Waals surface area contributed by atoms with E-state index in [-0.39, 0.29) is 23.7 Å². The van der Waals surface area contributed by atoms with Crippen molar-refractivity contribution in [3.63, 3.8) is 0 Å². The number of hydrogen-bond acceptors (Lipinski definition) is 4. The number of carbonyl (C=O) groups is 2. The molecule has 0 radical (unpaired) electrons. The van der Waals surface area contributed by atoms with Crippen LogP contribution in [0, 0.1) is 12.8 Å². The van der Waals surface area contributed by atoms with Gasteiger partial charge in [-0.05, 0) is 12.5 Å². The Kier molecular flexibility index (Phi) is 5.48. The molecule has 0 spiro atoms. The SMILES string of the molecule is Cc1csc(C(C)CNC(=O)C2CC(=O)N(Cc3ccccc3)C2)n1. The summed E-state index contributed by atoms with van der Waals surface area (Å²) < 4.78 is 0. The van der Waals surface area contributed by atoms with Crippen molar-refractivity contribution in [2.45, 2.75) is 32.7 Å². The van der Waals surface area contributed by atoms with Gasteiger partial charge >= 0.3 is 0 Å². The normalized spacial score (nSPS) is 18.4. The summed E-state index contributed by atoms with van der Waals surface area (Å²) in [6.07, 6.45) is 0.295. The largest absolute Gasteiger partial charge is 0.355 e. The van der Waals surface area contributed by atoms with Crippen LogP contribution in [-0.2, 0) is 16.1 Å². The van der Waals surface area contributed by atoms with Crippen LogP contribution in [0.4, 0.5) is 0 Å². The quantitative estimate of drug-likeness (QED) is 0.865. The molecule has 2 amide bonds. The van der Waals surface area contributed by atoms with Gasteiger partial charge in [0.05, 0.1) is 10.9 Å². The molecule has 1 N–H and O–H groups in total. The van der Waals surface area contributed by atoms with E-state index in [9.17, 15) is 9.59 Å². The van der Waals surface area contributed by atoms with Crippen molar-refractivity contribution in [3.8, 4) is 0 Å². The average Bonchev–Trinajstić information content (AvgIpc) is 3.20. The molecule has 0 aliphatic carbocycles. The molecule has 1 aliphatic rings. The lowest BCUT2D eigenvalue weighted by molar-refractivity contribution is -0.129. The topological polar surface area (TPSA) is 62.3 Å². The number of aryl methyl sites for hydroxylation is 1. The predicted molar refractivity (Wildman–Crippen MR) is 98.2 cm³/mol. The highest BCUT2D eigenvalue weighted by Gasteiger charge is 2.34. The molecule has 1 saturated heterocycles. The lowest BCUT2D eigenvalue weighted by Crippen LogP contribution is -2.34. The van der Waals surface area contributed by atoms with E-state index in [2.05, 4.69) is 17.2 Å². The molecule has 2 heterocycles. The maximum absolute atomic E-state index is 12.4. The van der Waals surface area contributed by atoms with Gasteiger partial charge in [-0.2, -0.15) is 0 Å². The van der Waals surface area contributed by atoms with Crippen LogP contribution in [0.1, 0.15) is 35.5 Å². The van der Waals surface area contributed by atoms with Gasteiger partial charge in [-0.25, -0.2) is 4.98 Å². The van der Waals surface area contributed by atoms with E-state index < -0.39 is 0 Å². The van der Waals surface area contributed by atoms with Crippen molar-refractivity contribution >= 4 is 23.2 Å². The van der Waals surface area contributed by atoms with Crippen LogP contribution in [-0.4, -0.2) is 34.8 Å². The fourth-order valence-electron chi connectivity index (χ4n) is 2.99. The molecule has 1 aliphatic heterocycles. The van der Waals surface area contributed by atoms with Gasteiger partial charge in [0, 0.05) is 43.0 Å². The Bertz CT molecular complexity index is 744. The summed E-state index contributed by atoms with van der Waals surface area (Å²) in [5.74, 6) is -0.0711. The van der Waals surface area contributed by atoms with Crippen molar-refractivity contribution in [1.29, 1.82) is 0 Å². The minimum absolute atomic E-state index is 0.0379. The second kappa shape index (κ2) is 7.78. The number of likely N-dealkylation sites (tertiary alicyclic amines) is 1. The fourth-order valence-corrected chi connectivity index (χ4v) is 3.84. The average molecular weight is 357 g/mol. The monoisotopic (exact) mass is 357 g/mol. The van der Waals surface area contributed by atoms with E-state index in [1.165, 1.54) is 0 Å². The van der Waals surface area contributed by atoms with Crippen molar-refractivity contribution in [3.05, 3.63) is 52.0 Å². The van der Waals surface area contributed by atoms with Gasteiger partial charge in [-0.1, -0.05) is 37.3 Å². The molecule has 25 heavy (non-hydrogen) atoms. The van der Waals surface area contributed by atoms with Crippen molar-refractivity contribution in [2.24, 2.45) is 5.92 Å². The van der Waals surface area contributed by atoms with Crippen molar-refractivity contribution in [2.75, 3.05) is 13.1 Å². The molecule has 1 aromatic carbocycles. The molecule has 1 fully saturated rings. The van der Waals surface area contributed by atoms with Gasteiger partial charge in [0.15, 0.2) is 0 Å². The minimum Gasteiger partial charge on any atom is -0.355 e. The first kappa shape index (κ1) is 17.6. The molecule has 5 nitrogen and oxygen atoms in total. The van der Waals surface area contributed by atoms with Crippen molar-refractivity contribution in [1.82, 2.24) is 15.2 Å². The first-order chi connectivity index (χ1) is 12.0. The van der Waals surface area contributed by atoms with Crippen LogP contribution in [0.15, 0.2) is 35.7 Å². The van der Waals surface area contributed by atoms with Gasteiger partial charge < -0.3 is 10.2 Å². The molecule has 2 unspecified atom stereocenters. The van der Waals surface area contributed by atoms with Gasteiger partial charge in [0.2, 0.25) is 11.8 Å². The summed E-state index contributed by atoms with van der Waals surface area (Å²) in [6, 6.07) is 9.87. The molecule has 132 valence electrons. The van der Waals surface area contributed by atoms with E-state index in [0.29, 0.717) is 26.1 Å². The number of thiazole rings is 1. The molecule has 0 bridgehead atoms. The highest BCUT2D eigenvalue weighted by atomic mass is 32.1. The Hall–Kier alpha value is -2.21. The Morgan fingerprint density at radius 3 is 2.84 bits per heavy atom. The van der Waals surface area contributed by atoms with E-state index in [1.807, 2.05) is 42.6 Å². The van der Waals surface area contributed by atoms with Crippen LogP contribution in [0.25, 0.3) is 0 Å². The number of nitrogens with one attached hydrogen (secondary N) is 1. The number of aromatic nitrogens is 1. The number of rotatable bonds is 6. The zero-order valence-corrected chi connectivity index (χ0v) is 15.4. The standard InChI is InChI=1S/C19H23N3O2S/c1-13(19-21-14(2)12-25-19)9-20-18(24)16-8-17(23)22(11-16)10-15-6-4-3-5-7-15/h3-7,12-13,16H,8-11H2,1-2H3,(H,20,24). The smallest absolute Gasteiger partial charge is 0.225 e. The van der Waals surface area contributed by atoms with Gasteiger partial charge in [0.1, 0.15) is 0 Å². The van der Waals surface area contributed by atoms with Crippen LogP contribution in [0.2, 0.25) is 0 Å². The van der Waals surface area contributed by atoms with Crippen LogP contribution in [0.3, 0.4) is 0 Å². The molecule has 1 aromatic heterocycles. The molecule has 0 saturated carbocycles. The summed E-state index contributed by atoms with van der Waals surface area (Å²) in [6.45, 7) is 5.63. The Balaban J connectivity index is 1.50. The lowest BCUT2D eigenvalue weighted by Gasteiger charge is -2.17. The first-order valence-corrected chi connectivity index (χ1v) is 9.42. The Morgan fingerprint density at radius 1 is 1.40 bits per heavy atom. The summed E-state index contributed by atoms with van der Waals surface area (Å²) in [4.78, 5) is 30.8. The highest BCUT2D eigenvalue weighted by molar-refractivity contribution is 7.09. The second-order valence-corrected chi connectivity index (χ2v) is 7.52. The maximum atomic E-state index is 12.4. The third kappa shape index (κ3) is 4.45.